The quantitative estimate of drug-likeness (QED) is 0.755. The largest absolute Gasteiger partial charge is 0.369 e. The lowest BCUT2D eigenvalue weighted by molar-refractivity contribution is 0.796. The van der Waals surface area contributed by atoms with Gasteiger partial charge in [-0.1, -0.05) is 17.7 Å². The predicted molar refractivity (Wildman–Crippen MR) is 63.9 cm³/mol. The highest BCUT2D eigenvalue weighted by Gasteiger charge is 2.05. The maximum atomic E-state index is 8.59. The molecule has 16 heavy (non-hydrogen) atoms. The molecule has 0 aliphatic carbocycles. The first-order valence-electron chi connectivity index (χ1n) is 5.33. The summed E-state index contributed by atoms with van der Waals surface area (Å²) in [5.41, 5.74) is 2.29. The summed E-state index contributed by atoms with van der Waals surface area (Å²) in [4.78, 5) is 2.08. The fraction of sp³-hybridized carbons (Fsp3) is 0.385. The van der Waals surface area contributed by atoms with Crippen molar-refractivity contribution in [2.24, 2.45) is 0 Å². The van der Waals surface area contributed by atoms with E-state index < -0.39 is 0 Å². The molecule has 0 spiro atoms. The Kier molecular flexibility index (Phi) is 4.89. The number of hydrogen-bond acceptors (Lipinski definition) is 3. The lowest BCUT2D eigenvalue weighted by Crippen LogP contribution is -2.25. The second kappa shape index (κ2) is 6.48. The maximum absolute atomic E-state index is 8.59. The van der Waals surface area contributed by atoms with E-state index in [9.17, 15) is 0 Å². The number of benzene rings is 1. The minimum atomic E-state index is 0.485. The Balaban J connectivity index is 2.71. The number of aryl methyl sites for hydroxylation is 1. The molecule has 0 saturated heterocycles. The van der Waals surface area contributed by atoms with E-state index in [4.69, 9.17) is 10.5 Å². The molecular weight excluding hydrogens is 198 g/mol. The van der Waals surface area contributed by atoms with Gasteiger partial charge in [0.15, 0.2) is 0 Å². The lowest BCUT2D eigenvalue weighted by Gasteiger charge is -2.22. The molecule has 0 aromatic heterocycles. The van der Waals surface area contributed by atoms with Gasteiger partial charge in [0.2, 0.25) is 0 Å². The van der Waals surface area contributed by atoms with Crippen molar-refractivity contribution in [2.75, 3.05) is 18.0 Å². The number of anilines is 1. The average Bonchev–Trinajstić information content (AvgIpc) is 2.31. The van der Waals surface area contributed by atoms with Crippen molar-refractivity contribution < 1.29 is 0 Å². The van der Waals surface area contributed by atoms with Gasteiger partial charge in [-0.15, -0.1) is 0 Å². The van der Waals surface area contributed by atoms with E-state index in [0.717, 1.165) is 5.69 Å². The minimum Gasteiger partial charge on any atom is -0.369 e. The van der Waals surface area contributed by atoms with Gasteiger partial charge in [0.05, 0.1) is 25.0 Å². The Morgan fingerprint density at radius 3 is 1.94 bits per heavy atom. The van der Waals surface area contributed by atoms with Crippen molar-refractivity contribution in [3.8, 4) is 12.1 Å². The van der Waals surface area contributed by atoms with E-state index >= 15 is 0 Å². The number of nitrogens with zero attached hydrogens (tertiary/aromatic N) is 3. The topological polar surface area (TPSA) is 50.8 Å². The van der Waals surface area contributed by atoms with Crippen LogP contribution in [-0.4, -0.2) is 13.1 Å². The molecule has 0 fully saturated rings. The molecule has 0 aliphatic rings. The van der Waals surface area contributed by atoms with Crippen molar-refractivity contribution in [1.29, 1.82) is 10.5 Å². The van der Waals surface area contributed by atoms with Crippen LogP contribution in [0.25, 0.3) is 0 Å². The molecule has 3 heteroatoms. The average molecular weight is 213 g/mol. The van der Waals surface area contributed by atoms with Crippen LogP contribution in [0.5, 0.6) is 0 Å². The van der Waals surface area contributed by atoms with E-state index in [1.807, 2.05) is 31.2 Å². The van der Waals surface area contributed by atoms with Crippen molar-refractivity contribution in [2.45, 2.75) is 19.8 Å². The van der Waals surface area contributed by atoms with Crippen LogP contribution in [0.2, 0.25) is 0 Å². The van der Waals surface area contributed by atoms with Crippen molar-refractivity contribution in [3.63, 3.8) is 0 Å². The summed E-state index contributed by atoms with van der Waals surface area (Å²) in [6.07, 6.45) is 0.971. The van der Waals surface area contributed by atoms with Crippen LogP contribution in [-0.2, 0) is 0 Å². The molecule has 0 radical (unpaired) electrons. The zero-order valence-electron chi connectivity index (χ0n) is 9.48. The summed E-state index contributed by atoms with van der Waals surface area (Å²) in [6, 6.07) is 12.4. The SMILES string of the molecule is Cc1ccc(N(CCC#N)CCC#N)cc1. The Morgan fingerprint density at radius 1 is 1.00 bits per heavy atom. The molecule has 0 unspecified atom stereocenters. The highest BCUT2D eigenvalue weighted by atomic mass is 15.1. The first-order chi connectivity index (χ1) is 7.77. The van der Waals surface area contributed by atoms with Crippen LogP contribution in [0.4, 0.5) is 5.69 Å². The predicted octanol–water partition coefficient (Wildman–Crippen LogP) is 2.63. The van der Waals surface area contributed by atoms with Crippen molar-refractivity contribution >= 4 is 5.69 Å². The van der Waals surface area contributed by atoms with Crippen molar-refractivity contribution in [3.05, 3.63) is 29.8 Å². The summed E-state index contributed by atoms with van der Waals surface area (Å²) in [5.74, 6) is 0. The van der Waals surface area contributed by atoms with Crippen molar-refractivity contribution in [1.82, 2.24) is 0 Å². The molecule has 1 aromatic carbocycles. The second-order valence-electron chi connectivity index (χ2n) is 3.64. The minimum absolute atomic E-state index is 0.485. The van der Waals surface area contributed by atoms with E-state index in [0.29, 0.717) is 25.9 Å². The molecule has 82 valence electrons. The van der Waals surface area contributed by atoms with Crippen LogP contribution in [0.15, 0.2) is 24.3 Å². The van der Waals surface area contributed by atoms with Crippen LogP contribution >= 0.6 is 0 Å². The molecular formula is C13H15N3. The van der Waals surface area contributed by atoms with Crippen LogP contribution in [0, 0.1) is 29.6 Å². The zero-order valence-corrected chi connectivity index (χ0v) is 9.48. The van der Waals surface area contributed by atoms with Gasteiger partial charge in [-0.3, -0.25) is 0 Å². The van der Waals surface area contributed by atoms with Gasteiger partial charge in [-0.05, 0) is 19.1 Å². The first-order valence-corrected chi connectivity index (χ1v) is 5.33. The molecule has 0 bridgehead atoms. The molecule has 0 atom stereocenters. The molecule has 1 rings (SSSR count). The smallest absolute Gasteiger partial charge is 0.0640 e. The molecule has 0 heterocycles. The Morgan fingerprint density at radius 2 is 1.50 bits per heavy atom. The van der Waals surface area contributed by atoms with E-state index in [2.05, 4.69) is 17.0 Å². The fourth-order valence-corrected chi connectivity index (χ4v) is 1.50. The van der Waals surface area contributed by atoms with E-state index in [1.54, 1.807) is 0 Å². The van der Waals surface area contributed by atoms with Gasteiger partial charge in [0, 0.05) is 18.8 Å². The highest BCUT2D eigenvalue weighted by molar-refractivity contribution is 5.47. The third-order valence-corrected chi connectivity index (χ3v) is 2.39. The van der Waals surface area contributed by atoms with Crippen LogP contribution in [0.3, 0.4) is 0 Å². The van der Waals surface area contributed by atoms with E-state index in [-0.39, 0.29) is 0 Å². The number of hydrogen-bond donors (Lipinski definition) is 0. The van der Waals surface area contributed by atoms with Gasteiger partial charge in [-0.25, -0.2) is 0 Å². The molecule has 0 amide bonds. The molecule has 0 saturated carbocycles. The molecule has 0 aliphatic heterocycles. The van der Waals surface area contributed by atoms with Gasteiger partial charge in [0.1, 0.15) is 0 Å². The number of rotatable bonds is 5. The maximum Gasteiger partial charge on any atom is 0.0640 e. The fourth-order valence-electron chi connectivity index (χ4n) is 1.50. The highest BCUT2D eigenvalue weighted by Crippen LogP contribution is 2.15. The van der Waals surface area contributed by atoms with Gasteiger partial charge < -0.3 is 4.90 Å². The first kappa shape index (κ1) is 12.1. The molecule has 0 N–H and O–H groups in total. The lowest BCUT2D eigenvalue weighted by atomic mass is 10.2. The molecule has 3 nitrogen and oxygen atoms in total. The van der Waals surface area contributed by atoms with Gasteiger partial charge >= 0.3 is 0 Å². The van der Waals surface area contributed by atoms with E-state index in [1.165, 1.54) is 5.56 Å². The summed E-state index contributed by atoms with van der Waals surface area (Å²) in [7, 11) is 0. The third kappa shape index (κ3) is 3.63. The third-order valence-electron chi connectivity index (χ3n) is 2.39. The van der Waals surface area contributed by atoms with Gasteiger partial charge in [-0.2, -0.15) is 10.5 Å². The normalized spacial score (nSPS) is 9.19. The summed E-state index contributed by atoms with van der Waals surface area (Å²) >= 11 is 0. The monoisotopic (exact) mass is 213 g/mol. The Bertz CT molecular complexity index is 377. The summed E-state index contributed by atoms with van der Waals surface area (Å²) in [6.45, 7) is 3.40. The van der Waals surface area contributed by atoms with Gasteiger partial charge in [0.25, 0.3) is 0 Å². The standard InChI is InChI=1S/C13H15N3/c1-12-4-6-13(7-5-12)16(10-2-8-14)11-3-9-15/h4-7H,2-3,10-11H2,1H3. The van der Waals surface area contributed by atoms with Crippen LogP contribution < -0.4 is 4.90 Å². The Hall–Kier alpha value is -2.00. The number of nitriles is 2. The summed E-state index contributed by atoms with van der Waals surface area (Å²) < 4.78 is 0. The Labute approximate surface area is 96.5 Å². The molecule has 1 aromatic rings. The zero-order chi connectivity index (χ0) is 11.8. The second-order valence-corrected chi connectivity index (χ2v) is 3.64. The van der Waals surface area contributed by atoms with Crippen LogP contribution in [0.1, 0.15) is 18.4 Å². The summed E-state index contributed by atoms with van der Waals surface area (Å²) in [5, 5.41) is 17.2.